The number of hydrogen-bond donors (Lipinski definition) is 1. The van der Waals surface area contributed by atoms with Crippen LogP contribution in [0.1, 0.15) is 5.56 Å². The van der Waals surface area contributed by atoms with E-state index in [0.29, 0.717) is 22.9 Å². The number of hydrogen-bond acceptors (Lipinski definition) is 5. The average Bonchev–Trinajstić information content (AvgIpc) is 3.02. The van der Waals surface area contributed by atoms with E-state index in [1.807, 2.05) is 19.1 Å². The summed E-state index contributed by atoms with van der Waals surface area (Å²) in [6, 6.07) is 10.3. The minimum absolute atomic E-state index is 0.0875. The van der Waals surface area contributed by atoms with Gasteiger partial charge in [-0.05, 0) is 65.4 Å². The lowest BCUT2D eigenvalue weighted by Crippen LogP contribution is -2.37. The van der Waals surface area contributed by atoms with Gasteiger partial charge in [-0.2, -0.15) is 0 Å². The molecule has 7 nitrogen and oxygen atoms in total. The molecule has 1 N–H and O–H groups in total. The van der Waals surface area contributed by atoms with Crippen molar-refractivity contribution in [1.82, 2.24) is 0 Å². The van der Waals surface area contributed by atoms with Crippen LogP contribution in [-0.2, 0) is 14.8 Å². The third-order valence-electron chi connectivity index (χ3n) is 3.79. The topological polar surface area (TPSA) is 84.9 Å². The molecule has 0 saturated carbocycles. The van der Waals surface area contributed by atoms with E-state index in [1.54, 1.807) is 24.3 Å². The van der Waals surface area contributed by atoms with Gasteiger partial charge >= 0.3 is 0 Å². The van der Waals surface area contributed by atoms with E-state index in [0.717, 1.165) is 19.7 Å². The van der Waals surface area contributed by atoms with Crippen molar-refractivity contribution in [3.05, 3.63) is 45.5 Å². The molecule has 3 rings (SSSR count). The Morgan fingerprint density at radius 3 is 2.62 bits per heavy atom. The number of ether oxygens (including phenoxy) is 2. The van der Waals surface area contributed by atoms with E-state index >= 15 is 0 Å². The first-order valence-corrected chi connectivity index (χ1v) is 10.6. The lowest BCUT2D eigenvalue weighted by Gasteiger charge is -2.22. The van der Waals surface area contributed by atoms with Gasteiger partial charge in [-0.1, -0.05) is 0 Å². The van der Waals surface area contributed by atoms with Crippen molar-refractivity contribution in [2.24, 2.45) is 0 Å². The fourth-order valence-electron chi connectivity index (χ4n) is 2.53. The lowest BCUT2D eigenvalue weighted by atomic mass is 10.2. The van der Waals surface area contributed by atoms with E-state index < -0.39 is 15.9 Å². The Kier molecular flexibility index (Phi) is 5.28. The summed E-state index contributed by atoms with van der Waals surface area (Å²) in [7, 11) is -3.66. The summed E-state index contributed by atoms with van der Waals surface area (Å²) >= 11 is 2.19. The standard InChI is InChI=1S/C17H17IN2O5S/c1-11-7-12(18)3-5-14(11)19-17(21)9-20(26(2,22)23)13-4-6-15-16(8-13)25-10-24-15/h3-8H,9-10H2,1-2H3,(H,19,21). The number of aryl methyl sites for hydroxylation is 1. The minimum Gasteiger partial charge on any atom is -0.454 e. The van der Waals surface area contributed by atoms with Crippen LogP contribution in [0.15, 0.2) is 36.4 Å². The highest BCUT2D eigenvalue weighted by Crippen LogP contribution is 2.36. The minimum atomic E-state index is -3.66. The van der Waals surface area contributed by atoms with Gasteiger partial charge in [0.05, 0.1) is 11.9 Å². The van der Waals surface area contributed by atoms with Gasteiger partial charge in [-0.3, -0.25) is 9.10 Å². The molecule has 0 spiro atoms. The van der Waals surface area contributed by atoms with Crippen LogP contribution in [0.4, 0.5) is 11.4 Å². The zero-order valence-electron chi connectivity index (χ0n) is 14.2. The second kappa shape index (κ2) is 7.31. The summed E-state index contributed by atoms with van der Waals surface area (Å²) in [5.74, 6) is 0.559. The van der Waals surface area contributed by atoms with Crippen LogP contribution >= 0.6 is 22.6 Å². The fraction of sp³-hybridized carbons (Fsp3) is 0.235. The van der Waals surface area contributed by atoms with Gasteiger partial charge in [0, 0.05) is 15.3 Å². The van der Waals surface area contributed by atoms with Crippen LogP contribution in [0.5, 0.6) is 11.5 Å². The molecule has 0 radical (unpaired) electrons. The molecule has 1 aliphatic rings. The quantitative estimate of drug-likeness (QED) is 0.655. The van der Waals surface area contributed by atoms with Crippen LogP contribution < -0.4 is 19.1 Å². The molecule has 2 aromatic carbocycles. The van der Waals surface area contributed by atoms with E-state index in [2.05, 4.69) is 27.9 Å². The van der Waals surface area contributed by atoms with Gasteiger partial charge in [0.15, 0.2) is 11.5 Å². The van der Waals surface area contributed by atoms with Crippen LogP contribution in [0.2, 0.25) is 0 Å². The number of rotatable bonds is 5. The van der Waals surface area contributed by atoms with E-state index in [-0.39, 0.29) is 13.3 Å². The van der Waals surface area contributed by atoms with Gasteiger partial charge in [-0.15, -0.1) is 0 Å². The number of carbonyl (C=O) groups excluding carboxylic acids is 1. The van der Waals surface area contributed by atoms with Crippen LogP contribution in [0, 0.1) is 10.5 Å². The highest BCUT2D eigenvalue weighted by atomic mass is 127. The van der Waals surface area contributed by atoms with Crippen LogP contribution in [-0.4, -0.2) is 33.9 Å². The number of nitrogens with one attached hydrogen (secondary N) is 1. The third kappa shape index (κ3) is 4.21. The molecular weight excluding hydrogens is 471 g/mol. The molecule has 0 bridgehead atoms. The SMILES string of the molecule is Cc1cc(I)ccc1NC(=O)CN(c1ccc2c(c1)OCO2)S(C)(=O)=O. The van der Waals surface area contributed by atoms with Crippen LogP contribution in [0.3, 0.4) is 0 Å². The molecule has 0 aliphatic carbocycles. The third-order valence-corrected chi connectivity index (χ3v) is 5.61. The first-order valence-electron chi connectivity index (χ1n) is 7.67. The monoisotopic (exact) mass is 488 g/mol. The molecule has 2 aromatic rings. The van der Waals surface area contributed by atoms with Gasteiger partial charge in [0.25, 0.3) is 0 Å². The van der Waals surface area contributed by atoms with Gasteiger partial charge in [-0.25, -0.2) is 8.42 Å². The molecule has 1 heterocycles. The molecule has 26 heavy (non-hydrogen) atoms. The van der Waals surface area contributed by atoms with Crippen molar-refractivity contribution in [3.63, 3.8) is 0 Å². The Morgan fingerprint density at radius 1 is 1.19 bits per heavy atom. The van der Waals surface area contributed by atoms with E-state index in [4.69, 9.17) is 9.47 Å². The van der Waals surface area contributed by atoms with Gasteiger partial charge in [0.1, 0.15) is 6.54 Å². The van der Waals surface area contributed by atoms with Crippen LogP contribution in [0.25, 0.3) is 0 Å². The Balaban J connectivity index is 1.82. The number of anilines is 2. The van der Waals surface area contributed by atoms with Crippen molar-refractivity contribution >= 4 is 49.9 Å². The lowest BCUT2D eigenvalue weighted by molar-refractivity contribution is -0.114. The summed E-state index contributed by atoms with van der Waals surface area (Å²) in [5.41, 5.74) is 1.89. The van der Waals surface area contributed by atoms with Gasteiger partial charge < -0.3 is 14.8 Å². The molecule has 0 aromatic heterocycles. The summed E-state index contributed by atoms with van der Waals surface area (Å²) in [5, 5.41) is 2.76. The van der Waals surface area contributed by atoms with Crippen molar-refractivity contribution in [3.8, 4) is 11.5 Å². The Morgan fingerprint density at radius 2 is 1.92 bits per heavy atom. The number of benzene rings is 2. The number of nitrogens with zero attached hydrogens (tertiary/aromatic N) is 1. The van der Waals surface area contributed by atoms with Crippen molar-refractivity contribution < 1.29 is 22.7 Å². The predicted molar refractivity (Wildman–Crippen MR) is 107 cm³/mol. The molecule has 0 unspecified atom stereocenters. The summed E-state index contributed by atoms with van der Waals surface area (Å²) in [6.45, 7) is 1.62. The maximum absolute atomic E-state index is 12.4. The smallest absolute Gasteiger partial charge is 0.245 e. The zero-order chi connectivity index (χ0) is 18.9. The maximum Gasteiger partial charge on any atom is 0.245 e. The summed E-state index contributed by atoms with van der Waals surface area (Å²) < 4.78 is 37.0. The zero-order valence-corrected chi connectivity index (χ0v) is 17.1. The van der Waals surface area contributed by atoms with Crippen molar-refractivity contribution in [2.45, 2.75) is 6.92 Å². The largest absolute Gasteiger partial charge is 0.454 e. The molecule has 1 amide bonds. The first-order chi connectivity index (χ1) is 12.2. The molecular formula is C17H17IN2O5S. The van der Waals surface area contributed by atoms with E-state index in [1.165, 1.54) is 0 Å². The highest BCUT2D eigenvalue weighted by molar-refractivity contribution is 14.1. The normalized spacial score (nSPS) is 12.7. The molecule has 9 heteroatoms. The number of halogens is 1. The molecule has 138 valence electrons. The highest BCUT2D eigenvalue weighted by Gasteiger charge is 2.24. The summed E-state index contributed by atoms with van der Waals surface area (Å²) in [4.78, 5) is 12.4. The maximum atomic E-state index is 12.4. The Bertz CT molecular complexity index is 962. The average molecular weight is 488 g/mol. The predicted octanol–water partition coefficient (Wildman–Crippen LogP) is 2.73. The summed E-state index contributed by atoms with van der Waals surface area (Å²) in [6.07, 6.45) is 1.06. The second-order valence-corrected chi connectivity index (χ2v) is 8.97. The van der Waals surface area contributed by atoms with Crippen molar-refractivity contribution in [2.75, 3.05) is 29.2 Å². The molecule has 0 atom stereocenters. The van der Waals surface area contributed by atoms with Gasteiger partial charge in [0.2, 0.25) is 22.7 Å². The molecule has 0 fully saturated rings. The number of amides is 1. The number of carbonyl (C=O) groups is 1. The molecule has 1 aliphatic heterocycles. The number of sulfonamides is 1. The van der Waals surface area contributed by atoms with Crippen molar-refractivity contribution in [1.29, 1.82) is 0 Å². The Hall–Kier alpha value is -2.01. The van der Waals surface area contributed by atoms with E-state index in [9.17, 15) is 13.2 Å². The molecule has 0 saturated heterocycles. The number of fused-ring (bicyclic) bond motifs is 1. The first kappa shape index (κ1) is 18.8. The fourth-order valence-corrected chi connectivity index (χ4v) is 4.02. The second-order valence-electron chi connectivity index (χ2n) is 5.81. The Labute approximate surface area is 165 Å².